The van der Waals surface area contributed by atoms with Crippen LogP contribution in [0.25, 0.3) is 22.4 Å². The van der Waals surface area contributed by atoms with Gasteiger partial charge in [-0.05, 0) is 55.0 Å². The number of nitriles is 1. The van der Waals surface area contributed by atoms with Gasteiger partial charge in [0.25, 0.3) is 0 Å². The maximum absolute atomic E-state index is 13.9. The third-order valence-electron chi connectivity index (χ3n) is 3.85. The van der Waals surface area contributed by atoms with Crippen molar-refractivity contribution in [2.24, 2.45) is 0 Å². The number of aromatic nitrogens is 1. The Kier molecular flexibility index (Phi) is 5.06. The van der Waals surface area contributed by atoms with Crippen molar-refractivity contribution in [2.45, 2.75) is 6.92 Å². The molecule has 4 nitrogen and oxygen atoms in total. The number of halogens is 2. The van der Waals surface area contributed by atoms with Crippen molar-refractivity contribution in [3.63, 3.8) is 0 Å². The van der Waals surface area contributed by atoms with Crippen LogP contribution in [0.1, 0.15) is 12.5 Å². The number of rotatable bonds is 4. The lowest BCUT2D eigenvalue weighted by Crippen LogP contribution is -2.00. The van der Waals surface area contributed by atoms with E-state index in [0.717, 1.165) is 11.3 Å². The molecule has 0 saturated carbocycles. The molecule has 0 saturated heterocycles. The molecule has 3 aromatic rings. The molecule has 130 valence electrons. The zero-order valence-corrected chi connectivity index (χ0v) is 14.7. The Morgan fingerprint density at radius 3 is 2.46 bits per heavy atom. The lowest BCUT2D eigenvalue weighted by atomic mass is 9.98. The molecule has 0 spiro atoms. The standard InChI is InChI=1S/C20H15ClFN3O/c1-2-26-14-6-3-12(4-7-14)19-10-15(16(11-23)20(24)25-19)13-5-8-17(21)18(22)9-13/h3-10H,2H2,1H3,(H2,24,25). The van der Waals surface area contributed by atoms with Crippen molar-refractivity contribution in [1.82, 2.24) is 4.98 Å². The molecule has 0 amide bonds. The number of nitrogens with zero attached hydrogens (tertiary/aromatic N) is 2. The van der Waals surface area contributed by atoms with Gasteiger partial charge in [-0.25, -0.2) is 9.37 Å². The summed E-state index contributed by atoms with van der Waals surface area (Å²) in [5, 5.41) is 9.45. The van der Waals surface area contributed by atoms with E-state index < -0.39 is 5.82 Å². The molecule has 0 aliphatic heterocycles. The number of pyridine rings is 1. The molecule has 3 rings (SSSR count). The number of nitrogens with two attached hydrogens (primary N) is 1. The maximum atomic E-state index is 13.9. The van der Waals surface area contributed by atoms with Gasteiger partial charge < -0.3 is 10.5 Å². The predicted molar refractivity (Wildman–Crippen MR) is 100 cm³/mol. The lowest BCUT2D eigenvalue weighted by Gasteiger charge is -2.11. The summed E-state index contributed by atoms with van der Waals surface area (Å²) >= 11 is 5.75. The largest absolute Gasteiger partial charge is 0.494 e. The Morgan fingerprint density at radius 1 is 1.15 bits per heavy atom. The summed E-state index contributed by atoms with van der Waals surface area (Å²) in [6, 6.07) is 15.5. The van der Waals surface area contributed by atoms with E-state index >= 15 is 0 Å². The van der Waals surface area contributed by atoms with Crippen LogP contribution in [0.5, 0.6) is 5.75 Å². The van der Waals surface area contributed by atoms with E-state index in [1.807, 2.05) is 37.3 Å². The Balaban J connectivity index is 2.12. The average Bonchev–Trinajstić information content (AvgIpc) is 2.64. The zero-order chi connectivity index (χ0) is 18.7. The molecule has 0 aliphatic carbocycles. The summed E-state index contributed by atoms with van der Waals surface area (Å²) in [6.07, 6.45) is 0. The van der Waals surface area contributed by atoms with Crippen LogP contribution in [0.15, 0.2) is 48.5 Å². The molecule has 0 fully saturated rings. The zero-order valence-electron chi connectivity index (χ0n) is 14.0. The van der Waals surface area contributed by atoms with Gasteiger partial charge in [0.15, 0.2) is 0 Å². The highest BCUT2D eigenvalue weighted by Gasteiger charge is 2.15. The lowest BCUT2D eigenvalue weighted by molar-refractivity contribution is 0.340. The van der Waals surface area contributed by atoms with Gasteiger partial charge in [-0.15, -0.1) is 0 Å². The average molecular weight is 368 g/mol. The van der Waals surface area contributed by atoms with Crippen LogP contribution in [0, 0.1) is 17.1 Å². The van der Waals surface area contributed by atoms with Crippen molar-refractivity contribution in [3.8, 4) is 34.2 Å². The molecule has 2 N–H and O–H groups in total. The molecule has 0 atom stereocenters. The molecule has 6 heteroatoms. The minimum Gasteiger partial charge on any atom is -0.494 e. The van der Waals surface area contributed by atoms with Crippen LogP contribution < -0.4 is 10.5 Å². The Morgan fingerprint density at radius 2 is 1.85 bits per heavy atom. The first kappa shape index (κ1) is 17.7. The molecule has 26 heavy (non-hydrogen) atoms. The minimum atomic E-state index is -0.564. The van der Waals surface area contributed by atoms with Gasteiger partial charge in [0.2, 0.25) is 0 Å². The molecule has 1 heterocycles. The highest BCUT2D eigenvalue weighted by molar-refractivity contribution is 6.30. The fourth-order valence-electron chi connectivity index (χ4n) is 2.61. The van der Waals surface area contributed by atoms with E-state index in [4.69, 9.17) is 22.1 Å². The van der Waals surface area contributed by atoms with Crippen molar-refractivity contribution in [1.29, 1.82) is 5.26 Å². The van der Waals surface area contributed by atoms with Crippen molar-refractivity contribution in [2.75, 3.05) is 12.3 Å². The Labute approximate surface area is 155 Å². The van der Waals surface area contributed by atoms with Gasteiger partial charge in [-0.1, -0.05) is 17.7 Å². The molecular weight excluding hydrogens is 353 g/mol. The van der Waals surface area contributed by atoms with Crippen molar-refractivity contribution in [3.05, 3.63) is 64.9 Å². The van der Waals surface area contributed by atoms with Crippen LogP contribution in [-0.4, -0.2) is 11.6 Å². The number of hydrogen-bond acceptors (Lipinski definition) is 4. The second kappa shape index (κ2) is 7.42. The molecule has 0 bridgehead atoms. The van der Waals surface area contributed by atoms with E-state index in [-0.39, 0.29) is 16.4 Å². The maximum Gasteiger partial charge on any atom is 0.142 e. The molecule has 0 radical (unpaired) electrons. The SMILES string of the molecule is CCOc1ccc(-c2cc(-c3ccc(Cl)c(F)c3)c(C#N)c(N)n2)cc1. The van der Waals surface area contributed by atoms with E-state index in [2.05, 4.69) is 4.98 Å². The van der Waals surface area contributed by atoms with Crippen LogP contribution >= 0.6 is 11.6 Å². The third-order valence-corrected chi connectivity index (χ3v) is 4.16. The quantitative estimate of drug-likeness (QED) is 0.699. The molecule has 0 aliphatic rings. The van der Waals surface area contributed by atoms with E-state index in [1.165, 1.54) is 12.1 Å². The smallest absolute Gasteiger partial charge is 0.142 e. The predicted octanol–water partition coefficient (Wildman–Crippen LogP) is 5.06. The topological polar surface area (TPSA) is 71.9 Å². The summed E-state index contributed by atoms with van der Waals surface area (Å²) < 4.78 is 19.3. The Bertz CT molecular complexity index is 997. The van der Waals surface area contributed by atoms with Crippen LogP contribution in [0.3, 0.4) is 0 Å². The van der Waals surface area contributed by atoms with Gasteiger partial charge in [-0.2, -0.15) is 5.26 Å². The second-order valence-corrected chi connectivity index (χ2v) is 5.92. The second-order valence-electron chi connectivity index (χ2n) is 5.51. The number of benzene rings is 2. The van der Waals surface area contributed by atoms with Crippen LogP contribution in [-0.2, 0) is 0 Å². The van der Waals surface area contributed by atoms with E-state index in [1.54, 1.807) is 12.1 Å². The molecule has 1 aromatic heterocycles. The van der Waals surface area contributed by atoms with Gasteiger partial charge in [0.05, 0.1) is 17.3 Å². The summed E-state index contributed by atoms with van der Waals surface area (Å²) in [6.45, 7) is 2.49. The first-order valence-electron chi connectivity index (χ1n) is 7.92. The summed E-state index contributed by atoms with van der Waals surface area (Å²) in [5.41, 5.74) is 8.56. The van der Waals surface area contributed by atoms with Crippen LogP contribution in [0.2, 0.25) is 5.02 Å². The fourth-order valence-corrected chi connectivity index (χ4v) is 2.73. The fraction of sp³-hybridized carbons (Fsp3) is 0.100. The monoisotopic (exact) mass is 367 g/mol. The molecule has 0 unspecified atom stereocenters. The first-order chi connectivity index (χ1) is 12.5. The highest BCUT2D eigenvalue weighted by Crippen LogP contribution is 2.33. The summed E-state index contributed by atoms with van der Waals surface area (Å²) in [7, 11) is 0. The Hall–Kier alpha value is -3.10. The van der Waals surface area contributed by atoms with Gasteiger partial charge >= 0.3 is 0 Å². The van der Waals surface area contributed by atoms with Crippen molar-refractivity contribution < 1.29 is 9.13 Å². The summed E-state index contributed by atoms with van der Waals surface area (Å²) in [5.74, 6) is 0.271. The number of ether oxygens (including phenoxy) is 1. The number of anilines is 1. The van der Waals surface area contributed by atoms with Crippen molar-refractivity contribution >= 4 is 17.4 Å². The van der Waals surface area contributed by atoms with Gasteiger partial charge in [0, 0.05) is 11.1 Å². The van der Waals surface area contributed by atoms with E-state index in [9.17, 15) is 9.65 Å². The number of nitrogen functional groups attached to an aromatic ring is 1. The molecular formula is C20H15ClFN3O. The summed E-state index contributed by atoms with van der Waals surface area (Å²) in [4.78, 5) is 4.31. The third kappa shape index (κ3) is 3.46. The first-order valence-corrected chi connectivity index (χ1v) is 8.30. The number of hydrogen-bond donors (Lipinski definition) is 1. The normalized spacial score (nSPS) is 10.4. The van der Waals surface area contributed by atoms with Gasteiger partial charge in [-0.3, -0.25) is 0 Å². The highest BCUT2D eigenvalue weighted by atomic mass is 35.5. The van der Waals surface area contributed by atoms with E-state index in [0.29, 0.717) is 23.4 Å². The molecule has 2 aromatic carbocycles. The minimum absolute atomic E-state index is 0.0148. The van der Waals surface area contributed by atoms with Crippen LogP contribution in [0.4, 0.5) is 10.2 Å². The van der Waals surface area contributed by atoms with Gasteiger partial charge in [0.1, 0.15) is 29.0 Å².